The van der Waals surface area contributed by atoms with E-state index in [-0.39, 0.29) is 0 Å². The zero-order valence-corrected chi connectivity index (χ0v) is 15.0. The smallest absolute Gasteiger partial charge is 0.163 e. The zero-order valence-electron chi connectivity index (χ0n) is 15.0. The highest BCUT2D eigenvalue weighted by Crippen LogP contribution is 2.34. The van der Waals surface area contributed by atoms with Gasteiger partial charge in [-0.05, 0) is 50.5 Å². The topological polar surface area (TPSA) is 53.9 Å². The van der Waals surface area contributed by atoms with Crippen LogP contribution in [-0.4, -0.2) is 44.5 Å². The highest BCUT2D eigenvalue weighted by Gasteiger charge is 2.38. The van der Waals surface area contributed by atoms with E-state index in [0.717, 1.165) is 47.1 Å². The molecule has 3 aromatic rings. The lowest BCUT2D eigenvalue weighted by Gasteiger charge is -2.20. The van der Waals surface area contributed by atoms with Gasteiger partial charge < -0.3 is 5.32 Å². The number of para-hydroxylation sites is 1. The summed E-state index contributed by atoms with van der Waals surface area (Å²) < 4.78 is 0. The number of pyridine rings is 1. The van der Waals surface area contributed by atoms with E-state index < -0.39 is 0 Å². The molecule has 0 amide bonds. The van der Waals surface area contributed by atoms with Crippen LogP contribution in [0, 0.1) is 0 Å². The molecular weight excluding hydrogens is 322 g/mol. The first-order valence-electron chi connectivity index (χ1n) is 9.47. The Morgan fingerprint density at radius 2 is 1.96 bits per heavy atom. The Hall–Kier alpha value is -2.53. The Kier molecular flexibility index (Phi) is 3.82. The minimum Gasteiger partial charge on any atom is -0.365 e. The molecule has 1 saturated carbocycles. The van der Waals surface area contributed by atoms with Crippen LogP contribution in [0.5, 0.6) is 0 Å². The summed E-state index contributed by atoms with van der Waals surface area (Å²) in [5, 5.41) is 4.81. The fourth-order valence-corrected chi connectivity index (χ4v) is 4.08. The Morgan fingerprint density at radius 1 is 1.08 bits per heavy atom. The molecule has 1 N–H and O–H groups in total. The van der Waals surface area contributed by atoms with Gasteiger partial charge in [-0.2, -0.15) is 0 Å². The van der Waals surface area contributed by atoms with E-state index >= 15 is 0 Å². The highest BCUT2D eigenvalue weighted by molar-refractivity contribution is 5.90. The van der Waals surface area contributed by atoms with Crippen molar-refractivity contribution in [3.05, 3.63) is 48.8 Å². The van der Waals surface area contributed by atoms with Gasteiger partial charge in [0.2, 0.25) is 0 Å². The third-order valence-electron chi connectivity index (χ3n) is 5.50. The van der Waals surface area contributed by atoms with E-state index in [2.05, 4.69) is 34.3 Å². The van der Waals surface area contributed by atoms with Gasteiger partial charge in [0, 0.05) is 48.0 Å². The third-order valence-corrected chi connectivity index (χ3v) is 5.50. The Morgan fingerprint density at radius 3 is 2.77 bits per heavy atom. The van der Waals surface area contributed by atoms with Crippen molar-refractivity contribution >= 4 is 16.7 Å². The molecule has 0 radical (unpaired) electrons. The summed E-state index contributed by atoms with van der Waals surface area (Å²) in [4.78, 5) is 16.5. The summed E-state index contributed by atoms with van der Waals surface area (Å²) in [6.45, 7) is 3.45. The zero-order chi connectivity index (χ0) is 17.5. The summed E-state index contributed by atoms with van der Waals surface area (Å²) in [6, 6.07) is 14.0. The maximum absolute atomic E-state index is 4.86. The average Bonchev–Trinajstić information content (AvgIpc) is 3.45. The van der Waals surface area contributed by atoms with Gasteiger partial charge >= 0.3 is 0 Å². The largest absolute Gasteiger partial charge is 0.365 e. The quantitative estimate of drug-likeness (QED) is 0.781. The molecule has 5 rings (SSSR count). The average molecular weight is 345 g/mol. The second-order valence-electron chi connectivity index (χ2n) is 7.51. The highest BCUT2D eigenvalue weighted by atomic mass is 15.3. The van der Waals surface area contributed by atoms with E-state index in [1.54, 1.807) is 6.20 Å². The van der Waals surface area contributed by atoms with Crippen LogP contribution in [0.2, 0.25) is 0 Å². The molecule has 26 heavy (non-hydrogen) atoms. The lowest BCUT2D eigenvalue weighted by atomic mass is 10.1. The van der Waals surface area contributed by atoms with Crippen molar-refractivity contribution in [3.63, 3.8) is 0 Å². The van der Waals surface area contributed by atoms with E-state index in [4.69, 9.17) is 9.97 Å². The molecule has 3 heterocycles. The summed E-state index contributed by atoms with van der Waals surface area (Å²) in [7, 11) is 0. The van der Waals surface area contributed by atoms with Crippen LogP contribution in [0.1, 0.15) is 26.2 Å². The van der Waals surface area contributed by atoms with Gasteiger partial charge in [0.15, 0.2) is 5.82 Å². The summed E-state index contributed by atoms with van der Waals surface area (Å²) >= 11 is 0. The first-order chi connectivity index (χ1) is 12.8. The van der Waals surface area contributed by atoms with Gasteiger partial charge in [-0.1, -0.05) is 12.1 Å². The molecular formula is C21H23N5. The standard InChI is InChI=1S/C21H23N5/c1-14-11-16(13-26(14)17-8-9-17)23-21-18-6-2-3-7-19(18)24-20(25-21)15-5-4-10-22-12-15/h2-7,10,12,14,16-17H,8-9,11,13H2,1H3,(H,23,24,25). The maximum atomic E-state index is 4.86. The van der Waals surface area contributed by atoms with Gasteiger partial charge in [0.05, 0.1) is 5.52 Å². The SMILES string of the molecule is CC1CC(Nc2nc(-c3cccnc3)nc3ccccc23)CN1C1CC1. The molecule has 5 heteroatoms. The van der Waals surface area contributed by atoms with E-state index in [1.165, 1.54) is 12.8 Å². The minimum atomic E-state index is 0.436. The molecule has 2 atom stereocenters. The second-order valence-corrected chi connectivity index (χ2v) is 7.51. The van der Waals surface area contributed by atoms with Crippen molar-refractivity contribution in [1.82, 2.24) is 19.9 Å². The predicted octanol–water partition coefficient (Wildman–Crippen LogP) is 3.73. The second kappa shape index (κ2) is 6.32. The molecule has 1 aliphatic carbocycles. The number of nitrogens with zero attached hydrogens (tertiary/aromatic N) is 4. The predicted molar refractivity (Wildman–Crippen MR) is 104 cm³/mol. The first-order valence-corrected chi connectivity index (χ1v) is 9.47. The summed E-state index contributed by atoms with van der Waals surface area (Å²) in [5.74, 6) is 1.66. The summed E-state index contributed by atoms with van der Waals surface area (Å²) in [5.41, 5.74) is 1.91. The number of fused-ring (bicyclic) bond motifs is 1. The minimum absolute atomic E-state index is 0.436. The monoisotopic (exact) mass is 345 g/mol. The fourth-order valence-electron chi connectivity index (χ4n) is 4.08. The van der Waals surface area contributed by atoms with Gasteiger partial charge in [-0.15, -0.1) is 0 Å². The molecule has 2 unspecified atom stereocenters. The Balaban J connectivity index is 1.50. The van der Waals surface area contributed by atoms with E-state index in [0.29, 0.717) is 12.1 Å². The van der Waals surface area contributed by atoms with Crippen LogP contribution in [-0.2, 0) is 0 Å². The van der Waals surface area contributed by atoms with Crippen molar-refractivity contribution in [3.8, 4) is 11.4 Å². The van der Waals surface area contributed by atoms with Crippen LogP contribution in [0.3, 0.4) is 0 Å². The molecule has 2 aliphatic rings. The van der Waals surface area contributed by atoms with Crippen LogP contribution in [0.4, 0.5) is 5.82 Å². The number of benzene rings is 1. The van der Waals surface area contributed by atoms with Crippen molar-refractivity contribution in [2.24, 2.45) is 0 Å². The van der Waals surface area contributed by atoms with Crippen LogP contribution >= 0.6 is 0 Å². The summed E-state index contributed by atoms with van der Waals surface area (Å²) in [6.07, 6.45) is 7.48. The maximum Gasteiger partial charge on any atom is 0.163 e. The number of nitrogens with one attached hydrogen (secondary N) is 1. The van der Waals surface area contributed by atoms with Crippen molar-refractivity contribution in [2.75, 3.05) is 11.9 Å². The first kappa shape index (κ1) is 15.7. The van der Waals surface area contributed by atoms with Gasteiger partial charge in [-0.3, -0.25) is 9.88 Å². The van der Waals surface area contributed by atoms with Crippen molar-refractivity contribution in [1.29, 1.82) is 0 Å². The number of anilines is 1. The number of likely N-dealkylation sites (tertiary alicyclic amines) is 1. The molecule has 1 aromatic carbocycles. The molecule has 2 aromatic heterocycles. The van der Waals surface area contributed by atoms with Crippen LogP contribution in [0.15, 0.2) is 48.8 Å². The Labute approximate surface area is 153 Å². The van der Waals surface area contributed by atoms with Gasteiger partial charge in [0.1, 0.15) is 5.82 Å². The lowest BCUT2D eigenvalue weighted by Crippen LogP contribution is -2.31. The number of aromatic nitrogens is 3. The number of rotatable bonds is 4. The third kappa shape index (κ3) is 2.92. The Bertz CT molecular complexity index is 922. The van der Waals surface area contributed by atoms with Crippen LogP contribution in [0.25, 0.3) is 22.3 Å². The molecule has 0 spiro atoms. The fraction of sp³-hybridized carbons (Fsp3) is 0.381. The molecule has 1 aliphatic heterocycles. The lowest BCUT2D eigenvalue weighted by molar-refractivity contribution is 0.257. The molecule has 1 saturated heterocycles. The van der Waals surface area contributed by atoms with Crippen molar-refractivity contribution in [2.45, 2.75) is 44.3 Å². The molecule has 2 fully saturated rings. The van der Waals surface area contributed by atoms with Crippen molar-refractivity contribution < 1.29 is 0 Å². The van der Waals surface area contributed by atoms with Gasteiger partial charge in [0.25, 0.3) is 0 Å². The normalized spacial score (nSPS) is 23.4. The number of hydrogen-bond donors (Lipinski definition) is 1. The molecule has 0 bridgehead atoms. The van der Waals surface area contributed by atoms with E-state index in [9.17, 15) is 0 Å². The van der Waals surface area contributed by atoms with Gasteiger partial charge in [-0.25, -0.2) is 9.97 Å². The molecule has 5 nitrogen and oxygen atoms in total. The van der Waals surface area contributed by atoms with E-state index in [1.807, 2.05) is 30.5 Å². The molecule has 132 valence electrons. The van der Waals surface area contributed by atoms with Crippen LogP contribution < -0.4 is 5.32 Å². The number of hydrogen-bond acceptors (Lipinski definition) is 5.